The zero-order valence-corrected chi connectivity index (χ0v) is 11.8. The second-order valence-corrected chi connectivity index (χ2v) is 4.41. The molecular formula is C14H27NO2. The predicted molar refractivity (Wildman–Crippen MR) is 72.0 cm³/mol. The molecule has 3 heteroatoms. The van der Waals surface area contributed by atoms with E-state index in [-0.39, 0.29) is 5.97 Å². The van der Waals surface area contributed by atoms with Gasteiger partial charge in [0.15, 0.2) is 0 Å². The molecule has 0 radical (unpaired) electrons. The Kier molecular flexibility index (Phi) is 8.78. The van der Waals surface area contributed by atoms with Gasteiger partial charge >= 0.3 is 5.97 Å². The quantitative estimate of drug-likeness (QED) is 0.459. The van der Waals surface area contributed by atoms with Crippen LogP contribution in [0.25, 0.3) is 0 Å². The molecule has 0 aromatic heterocycles. The lowest BCUT2D eigenvalue weighted by Gasteiger charge is -2.28. The molecule has 0 heterocycles. The van der Waals surface area contributed by atoms with Crippen molar-refractivity contribution >= 4 is 5.97 Å². The maximum absolute atomic E-state index is 11.5. The molecule has 1 unspecified atom stereocenters. The molecule has 0 saturated heterocycles. The third-order valence-corrected chi connectivity index (χ3v) is 2.97. The summed E-state index contributed by atoms with van der Waals surface area (Å²) in [6, 6.07) is 0.479. The third-order valence-electron chi connectivity index (χ3n) is 2.97. The van der Waals surface area contributed by atoms with E-state index in [1.165, 1.54) is 6.42 Å². The molecule has 17 heavy (non-hydrogen) atoms. The Bertz CT molecular complexity index is 238. The van der Waals surface area contributed by atoms with E-state index in [1.807, 2.05) is 6.92 Å². The van der Waals surface area contributed by atoms with E-state index in [0.717, 1.165) is 19.4 Å². The van der Waals surface area contributed by atoms with Gasteiger partial charge in [0.25, 0.3) is 0 Å². The first-order valence-corrected chi connectivity index (χ1v) is 6.65. The normalized spacial score (nSPS) is 12.5. The molecule has 0 aliphatic heterocycles. The Labute approximate surface area is 106 Å². The molecule has 0 saturated carbocycles. The fraction of sp³-hybridized carbons (Fsp3) is 0.786. The van der Waals surface area contributed by atoms with Gasteiger partial charge < -0.3 is 4.74 Å². The number of carbonyl (C=O) groups excluding carboxylic acids is 1. The summed E-state index contributed by atoms with van der Waals surface area (Å²) in [6.45, 7) is 14.2. The highest BCUT2D eigenvalue weighted by molar-refractivity contribution is 5.88. The van der Waals surface area contributed by atoms with E-state index < -0.39 is 0 Å². The summed E-state index contributed by atoms with van der Waals surface area (Å²) in [6.07, 6.45) is 3.40. The number of nitrogens with zero attached hydrogens (tertiary/aromatic N) is 1. The Morgan fingerprint density at radius 2 is 2.00 bits per heavy atom. The zero-order chi connectivity index (χ0) is 13.3. The highest BCUT2D eigenvalue weighted by Crippen LogP contribution is 2.09. The van der Waals surface area contributed by atoms with E-state index in [2.05, 4.69) is 32.3 Å². The van der Waals surface area contributed by atoms with Gasteiger partial charge in [0.1, 0.15) is 0 Å². The number of carbonyl (C=O) groups is 1. The molecule has 100 valence electrons. The molecule has 0 amide bonds. The first-order valence-electron chi connectivity index (χ1n) is 6.65. The van der Waals surface area contributed by atoms with E-state index in [0.29, 0.717) is 24.8 Å². The van der Waals surface area contributed by atoms with Crippen LogP contribution in [0.4, 0.5) is 0 Å². The first-order chi connectivity index (χ1) is 8.06. The summed E-state index contributed by atoms with van der Waals surface area (Å²) in [5, 5.41) is 0. The van der Waals surface area contributed by atoms with Crippen molar-refractivity contribution in [2.45, 2.75) is 53.0 Å². The number of rotatable bonds is 9. The average molecular weight is 241 g/mol. The van der Waals surface area contributed by atoms with Gasteiger partial charge in [0, 0.05) is 18.2 Å². The van der Waals surface area contributed by atoms with Gasteiger partial charge in [-0.3, -0.25) is 4.90 Å². The second kappa shape index (κ2) is 9.23. The molecular weight excluding hydrogens is 214 g/mol. The smallest absolute Gasteiger partial charge is 0.334 e. The first kappa shape index (κ1) is 16.2. The number of unbranched alkanes of at least 4 members (excludes halogenated alkanes) is 1. The van der Waals surface area contributed by atoms with Crippen molar-refractivity contribution in [3.8, 4) is 0 Å². The summed E-state index contributed by atoms with van der Waals surface area (Å²) >= 11 is 0. The molecule has 0 fully saturated rings. The predicted octanol–water partition coefficient (Wildman–Crippen LogP) is 3.01. The van der Waals surface area contributed by atoms with Crippen LogP contribution in [-0.2, 0) is 9.53 Å². The third kappa shape index (κ3) is 6.47. The van der Waals surface area contributed by atoms with Crippen molar-refractivity contribution in [3.05, 3.63) is 12.2 Å². The molecule has 0 aliphatic carbocycles. The Morgan fingerprint density at radius 1 is 1.35 bits per heavy atom. The van der Waals surface area contributed by atoms with Crippen LogP contribution in [0.3, 0.4) is 0 Å². The molecule has 0 bridgehead atoms. The standard InChI is InChI=1S/C14H27NO2/c1-6-9-10-15(13(5)7-2)11-12(4)14(16)17-8-3/h13H,4,6-11H2,1-3,5H3. The van der Waals surface area contributed by atoms with Crippen LogP contribution in [0, 0.1) is 0 Å². The van der Waals surface area contributed by atoms with Crippen molar-refractivity contribution in [1.82, 2.24) is 4.90 Å². The summed E-state index contributed by atoms with van der Waals surface area (Å²) in [5.74, 6) is -0.266. The van der Waals surface area contributed by atoms with Gasteiger partial charge in [-0.05, 0) is 33.2 Å². The molecule has 0 aromatic carbocycles. The maximum Gasteiger partial charge on any atom is 0.334 e. The molecule has 0 aliphatic rings. The van der Waals surface area contributed by atoms with Crippen LogP contribution < -0.4 is 0 Å². The molecule has 0 N–H and O–H groups in total. The molecule has 3 nitrogen and oxygen atoms in total. The van der Waals surface area contributed by atoms with E-state index in [4.69, 9.17) is 4.74 Å². The van der Waals surface area contributed by atoms with Crippen LogP contribution in [0.5, 0.6) is 0 Å². The van der Waals surface area contributed by atoms with Gasteiger partial charge in [0.2, 0.25) is 0 Å². The number of esters is 1. The highest BCUT2D eigenvalue weighted by Gasteiger charge is 2.16. The maximum atomic E-state index is 11.5. The SMILES string of the molecule is C=C(CN(CCCC)C(C)CC)C(=O)OCC. The topological polar surface area (TPSA) is 29.5 Å². The summed E-state index contributed by atoms with van der Waals surface area (Å²) in [4.78, 5) is 13.8. The second-order valence-electron chi connectivity index (χ2n) is 4.41. The highest BCUT2D eigenvalue weighted by atomic mass is 16.5. The van der Waals surface area contributed by atoms with E-state index >= 15 is 0 Å². The lowest BCUT2D eigenvalue weighted by molar-refractivity contribution is -0.138. The van der Waals surface area contributed by atoms with Crippen molar-refractivity contribution in [3.63, 3.8) is 0 Å². The van der Waals surface area contributed by atoms with Crippen LogP contribution in [0.2, 0.25) is 0 Å². The average Bonchev–Trinajstić information content (AvgIpc) is 2.33. The Balaban J connectivity index is 4.31. The van der Waals surface area contributed by atoms with Gasteiger partial charge in [-0.25, -0.2) is 4.79 Å². The Hall–Kier alpha value is -0.830. The Morgan fingerprint density at radius 3 is 2.47 bits per heavy atom. The lowest BCUT2D eigenvalue weighted by atomic mass is 10.1. The van der Waals surface area contributed by atoms with Crippen molar-refractivity contribution in [1.29, 1.82) is 0 Å². The van der Waals surface area contributed by atoms with Gasteiger partial charge in [-0.2, -0.15) is 0 Å². The van der Waals surface area contributed by atoms with Gasteiger partial charge in [-0.15, -0.1) is 0 Å². The summed E-state index contributed by atoms with van der Waals surface area (Å²) in [7, 11) is 0. The number of hydrogen-bond donors (Lipinski definition) is 0. The number of hydrogen-bond acceptors (Lipinski definition) is 3. The van der Waals surface area contributed by atoms with Crippen LogP contribution >= 0.6 is 0 Å². The van der Waals surface area contributed by atoms with Crippen molar-refractivity contribution in [2.24, 2.45) is 0 Å². The van der Waals surface area contributed by atoms with E-state index in [9.17, 15) is 4.79 Å². The van der Waals surface area contributed by atoms with Crippen LogP contribution in [0.15, 0.2) is 12.2 Å². The minimum atomic E-state index is -0.266. The zero-order valence-electron chi connectivity index (χ0n) is 11.8. The van der Waals surface area contributed by atoms with E-state index in [1.54, 1.807) is 0 Å². The van der Waals surface area contributed by atoms with Crippen molar-refractivity contribution in [2.75, 3.05) is 19.7 Å². The monoisotopic (exact) mass is 241 g/mol. The van der Waals surface area contributed by atoms with Gasteiger partial charge in [-0.1, -0.05) is 26.8 Å². The van der Waals surface area contributed by atoms with Crippen LogP contribution in [-0.4, -0.2) is 36.6 Å². The molecule has 0 spiro atoms. The molecule has 0 aromatic rings. The molecule has 0 rings (SSSR count). The largest absolute Gasteiger partial charge is 0.463 e. The summed E-state index contributed by atoms with van der Waals surface area (Å²) < 4.78 is 4.96. The van der Waals surface area contributed by atoms with Gasteiger partial charge in [0.05, 0.1) is 6.61 Å². The van der Waals surface area contributed by atoms with Crippen molar-refractivity contribution < 1.29 is 9.53 Å². The summed E-state index contributed by atoms with van der Waals surface area (Å²) in [5.41, 5.74) is 0.559. The minimum Gasteiger partial charge on any atom is -0.463 e. The minimum absolute atomic E-state index is 0.266. The fourth-order valence-electron chi connectivity index (χ4n) is 1.62. The lowest BCUT2D eigenvalue weighted by Crippen LogP contribution is -2.36. The molecule has 1 atom stereocenters. The number of ether oxygens (including phenoxy) is 1. The van der Waals surface area contributed by atoms with Crippen LogP contribution in [0.1, 0.15) is 47.0 Å². The fourth-order valence-corrected chi connectivity index (χ4v) is 1.62.